The first-order valence-corrected chi connectivity index (χ1v) is 8.27. The van der Waals surface area contributed by atoms with Crippen LogP contribution in [0.4, 0.5) is 0 Å². The number of amides is 1. The molecule has 118 valence electrons. The third kappa shape index (κ3) is 4.24. The summed E-state index contributed by atoms with van der Waals surface area (Å²) in [6.45, 7) is 9.70. The first-order chi connectivity index (χ1) is 10.0. The molecule has 1 aliphatic heterocycles. The van der Waals surface area contributed by atoms with Gasteiger partial charge in [-0.2, -0.15) is 0 Å². The molecule has 0 aliphatic carbocycles. The van der Waals surface area contributed by atoms with Crippen LogP contribution in [0.25, 0.3) is 0 Å². The number of halogens is 1. The molecule has 1 fully saturated rings. The highest BCUT2D eigenvalue weighted by atomic mass is 35.5. The molecule has 1 aromatic rings. The number of aromatic nitrogens is 1. The first kappa shape index (κ1) is 16.4. The summed E-state index contributed by atoms with van der Waals surface area (Å²) in [5.74, 6) is 0.544. The van der Waals surface area contributed by atoms with E-state index in [1.807, 2.05) is 22.6 Å². The van der Waals surface area contributed by atoms with Crippen LogP contribution in [0.3, 0.4) is 0 Å². The van der Waals surface area contributed by atoms with E-state index in [0.717, 1.165) is 32.6 Å². The molecule has 2 rings (SSSR count). The zero-order valence-corrected chi connectivity index (χ0v) is 14.0. The van der Waals surface area contributed by atoms with E-state index in [0.29, 0.717) is 22.7 Å². The third-order valence-electron chi connectivity index (χ3n) is 3.90. The molecule has 0 spiro atoms. The molecule has 4 nitrogen and oxygen atoms in total. The number of nitrogens with one attached hydrogen (secondary N) is 1. The van der Waals surface area contributed by atoms with Gasteiger partial charge in [0.15, 0.2) is 0 Å². The predicted octanol–water partition coefficient (Wildman–Crippen LogP) is 3.01. The van der Waals surface area contributed by atoms with E-state index in [-0.39, 0.29) is 5.91 Å². The van der Waals surface area contributed by atoms with Gasteiger partial charge in [0, 0.05) is 31.9 Å². The predicted molar refractivity (Wildman–Crippen MR) is 86.9 cm³/mol. The van der Waals surface area contributed by atoms with Crippen LogP contribution in [-0.4, -0.2) is 41.1 Å². The Morgan fingerprint density at radius 2 is 2.33 bits per heavy atom. The number of hydrogen-bond donors (Lipinski definition) is 1. The van der Waals surface area contributed by atoms with Crippen molar-refractivity contribution in [1.29, 1.82) is 0 Å². The maximum absolute atomic E-state index is 12.9. The molecule has 1 amide bonds. The summed E-state index contributed by atoms with van der Waals surface area (Å²) in [6.07, 6.45) is 4.18. The summed E-state index contributed by atoms with van der Waals surface area (Å²) < 4.78 is 1.93. The van der Waals surface area contributed by atoms with Gasteiger partial charge in [0.25, 0.3) is 5.91 Å². The standard InChI is InChI=1S/C16H26ClN3O/c1-4-19-10-13(17)8-15(19)16(21)20(9-12(2)3)11-14-6-5-7-18-14/h8,10,12,14,18H,4-7,9,11H2,1-3H3. The number of hydrogen-bond acceptors (Lipinski definition) is 2. The number of carbonyl (C=O) groups excluding carboxylic acids is 1. The lowest BCUT2D eigenvalue weighted by molar-refractivity contribution is 0.0710. The number of rotatable bonds is 6. The maximum atomic E-state index is 12.9. The van der Waals surface area contributed by atoms with Gasteiger partial charge in [-0.25, -0.2) is 0 Å². The van der Waals surface area contributed by atoms with Crippen molar-refractivity contribution in [2.75, 3.05) is 19.6 Å². The Bertz CT molecular complexity index is 478. The minimum absolute atomic E-state index is 0.0890. The summed E-state index contributed by atoms with van der Waals surface area (Å²) in [4.78, 5) is 14.9. The Hall–Kier alpha value is -1.00. The molecule has 1 aliphatic rings. The number of nitrogens with zero attached hydrogens (tertiary/aromatic N) is 2. The largest absolute Gasteiger partial charge is 0.342 e. The Kier molecular flexibility index (Phi) is 5.71. The molecule has 0 radical (unpaired) electrons. The average Bonchev–Trinajstić information content (AvgIpc) is 3.05. The molecule has 0 saturated carbocycles. The molecule has 1 atom stereocenters. The highest BCUT2D eigenvalue weighted by Crippen LogP contribution is 2.18. The van der Waals surface area contributed by atoms with Gasteiger partial charge in [-0.3, -0.25) is 4.79 Å². The SMILES string of the molecule is CCn1cc(Cl)cc1C(=O)N(CC(C)C)CC1CCCN1. The van der Waals surface area contributed by atoms with E-state index in [4.69, 9.17) is 11.6 Å². The van der Waals surface area contributed by atoms with Gasteiger partial charge >= 0.3 is 0 Å². The van der Waals surface area contributed by atoms with Crippen molar-refractivity contribution in [3.8, 4) is 0 Å². The molecule has 1 unspecified atom stereocenters. The second kappa shape index (κ2) is 7.32. The zero-order chi connectivity index (χ0) is 15.4. The second-order valence-electron chi connectivity index (χ2n) is 6.23. The van der Waals surface area contributed by atoms with Crippen LogP contribution in [-0.2, 0) is 6.54 Å². The number of aryl methyl sites for hydroxylation is 1. The maximum Gasteiger partial charge on any atom is 0.270 e. The van der Waals surface area contributed by atoms with Crippen molar-refractivity contribution >= 4 is 17.5 Å². The molecule has 1 N–H and O–H groups in total. The van der Waals surface area contributed by atoms with Gasteiger partial charge in [0.2, 0.25) is 0 Å². The van der Waals surface area contributed by atoms with Crippen LogP contribution < -0.4 is 5.32 Å². The lowest BCUT2D eigenvalue weighted by atomic mass is 10.1. The summed E-state index contributed by atoms with van der Waals surface area (Å²) in [6, 6.07) is 2.20. The van der Waals surface area contributed by atoms with E-state index in [1.54, 1.807) is 6.07 Å². The topological polar surface area (TPSA) is 37.3 Å². The van der Waals surface area contributed by atoms with E-state index < -0.39 is 0 Å². The van der Waals surface area contributed by atoms with Crippen molar-refractivity contribution in [2.24, 2.45) is 5.92 Å². The molecule has 0 aromatic carbocycles. The van der Waals surface area contributed by atoms with E-state index in [1.165, 1.54) is 6.42 Å². The fraction of sp³-hybridized carbons (Fsp3) is 0.688. The summed E-state index contributed by atoms with van der Waals surface area (Å²) in [7, 11) is 0. The zero-order valence-electron chi connectivity index (χ0n) is 13.2. The highest BCUT2D eigenvalue weighted by Gasteiger charge is 2.25. The smallest absolute Gasteiger partial charge is 0.270 e. The molecular weight excluding hydrogens is 286 g/mol. The molecule has 21 heavy (non-hydrogen) atoms. The van der Waals surface area contributed by atoms with Crippen LogP contribution in [0.1, 0.15) is 44.1 Å². The Morgan fingerprint density at radius 1 is 1.57 bits per heavy atom. The average molecular weight is 312 g/mol. The highest BCUT2D eigenvalue weighted by molar-refractivity contribution is 6.31. The third-order valence-corrected chi connectivity index (χ3v) is 4.11. The van der Waals surface area contributed by atoms with Gasteiger partial charge in [-0.05, 0) is 38.3 Å². The second-order valence-corrected chi connectivity index (χ2v) is 6.66. The summed E-state index contributed by atoms with van der Waals surface area (Å²) in [5.41, 5.74) is 0.696. The van der Waals surface area contributed by atoms with Crippen LogP contribution in [0, 0.1) is 5.92 Å². The molecule has 2 heterocycles. The van der Waals surface area contributed by atoms with Crippen LogP contribution >= 0.6 is 11.6 Å². The minimum Gasteiger partial charge on any atom is -0.342 e. The normalized spacial score (nSPS) is 18.4. The van der Waals surface area contributed by atoms with Crippen molar-refractivity contribution in [2.45, 2.75) is 46.2 Å². The quantitative estimate of drug-likeness (QED) is 0.877. The molecular formula is C16H26ClN3O. The van der Waals surface area contributed by atoms with Crippen molar-refractivity contribution in [3.63, 3.8) is 0 Å². The van der Waals surface area contributed by atoms with Gasteiger partial charge in [-0.1, -0.05) is 25.4 Å². The van der Waals surface area contributed by atoms with Crippen LogP contribution in [0.2, 0.25) is 5.02 Å². The molecule has 1 saturated heterocycles. The molecule has 0 bridgehead atoms. The fourth-order valence-electron chi connectivity index (χ4n) is 2.94. The van der Waals surface area contributed by atoms with Crippen LogP contribution in [0.5, 0.6) is 0 Å². The Morgan fingerprint density at radius 3 is 2.90 bits per heavy atom. The minimum atomic E-state index is 0.0890. The van der Waals surface area contributed by atoms with E-state index in [9.17, 15) is 4.79 Å². The van der Waals surface area contributed by atoms with Crippen molar-refractivity contribution in [3.05, 3.63) is 23.0 Å². The molecule has 1 aromatic heterocycles. The van der Waals surface area contributed by atoms with Crippen LogP contribution in [0.15, 0.2) is 12.3 Å². The van der Waals surface area contributed by atoms with Crippen molar-refractivity contribution in [1.82, 2.24) is 14.8 Å². The lowest BCUT2D eigenvalue weighted by Gasteiger charge is -2.28. The van der Waals surface area contributed by atoms with Gasteiger partial charge in [-0.15, -0.1) is 0 Å². The Balaban J connectivity index is 2.15. The van der Waals surface area contributed by atoms with Crippen molar-refractivity contribution < 1.29 is 4.79 Å². The monoisotopic (exact) mass is 311 g/mol. The van der Waals surface area contributed by atoms with E-state index in [2.05, 4.69) is 19.2 Å². The first-order valence-electron chi connectivity index (χ1n) is 7.89. The van der Waals surface area contributed by atoms with E-state index >= 15 is 0 Å². The summed E-state index contributed by atoms with van der Waals surface area (Å²) in [5, 5.41) is 4.10. The fourth-order valence-corrected chi connectivity index (χ4v) is 3.16. The van der Waals surface area contributed by atoms with Gasteiger partial charge in [0.05, 0.1) is 5.02 Å². The lowest BCUT2D eigenvalue weighted by Crippen LogP contribution is -2.43. The number of carbonyl (C=O) groups is 1. The van der Waals surface area contributed by atoms with Gasteiger partial charge < -0.3 is 14.8 Å². The molecule has 5 heteroatoms. The Labute approximate surface area is 132 Å². The summed E-state index contributed by atoms with van der Waals surface area (Å²) >= 11 is 6.07. The van der Waals surface area contributed by atoms with Gasteiger partial charge in [0.1, 0.15) is 5.69 Å².